The molecule has 0 unspecified atom stereocenters. The van der Waals surface area contributed by atoms with Crippen LogP contribution in [0.2, 0.25) is 0 Å². The summed E-state index contributed by atoms with van der Waals surface area (Å²) >= 11 is 0. The number of carbonyl (C=O) groups is 1. The molecule has 1 aliphatic rings. The van der Waals surface area contributed by atoms with Crippen LogP contribution >= 0.6 is 0 Å². The molecule has 3 rings (SSSR count). The molecule has 0 spiro atoms. The lowest BCUT2D eigenvalue weighted by Gasteiger charge is -2.22. The Morgan fingerprint density at radius 3 is 2.76 bits per heavy atom. The van der Waals surface area contributed by atoms with Crippen molar-refractivity contribution in [3.05, 3.63) is 35.1 Å². The third-order valence-corrected chi connectivity index (χ3v) is 3.90. The summed E-state index contributed by atoms with van der Waals surface area (Å²) in [6.07, 6.45) is 4.13. The molecule has 2 aromatic rings. The molecule has 5 heteroatoms. The number of nitrogen functional groups attached to an aromatic ring is 1. The first-order valence-electron chi connectivity index (χ1n) is 6.93. The van der Waals surface area contributed by atoms with Crippen LogP contribution in [0, 0.1) is 0 Å². The number of carboxylic acid groups (broad SMARTS) is 1. The zero-order valence-electron chi connectivity index (χ0n) is 11.8. The van der Waals surface area contributed by atoms with Gasteiger partial charge in [0, 0.05) is 0 Å². The minimum absolute atomic E-state index is 0.0842. The number of rotatable bonds is 3. The van der Waals surface area contributed by atoms with Crippen molar-refractivity contribution in [2.24, 2.45) is 0 Å². The third-order valence-electron chi connectivity index (χ3n) is 3.90. The van der Waals surface area contributed by atoms with E-state index in [1.54, 1.807) is 13.2 Å². The largest absolute Gasteiger partial charge is 0.494 e. The average Bonchev–Trinajstić information content (AvgIpc) is 2.95. The molecule has 0 radical (unpaired) electrons. The van der Waals surface area contributed by atoms with Crippen LogP contribution in [0.3, 0.4) is 0 Å². The number of carboxylic acids is 1. The van der Waals surface area contributed by atoms with E-state index < -0.39 is 5.97 Å². The molecule has 1 aromatic carbocycles. The van der Waals surface area contributed by atoms with Crippen molar-refractivity contribution in [1.29, 1.82) is 0 Å². The predicted molar refractivity (Wildman–Crippen MR) is 78.7 cm³/mol. The fraction of sp³-hybridized carbons (Fsp3) is 0.312. The highest BCUT2D eigenvalue weighted by Crippen LogP contribution is 2.43. The molecule has 0 amide bonds. The molecule has 1 aliphatic carbocycles. The maximum absolute atomic E-state index is 11.0. The fourth-order valence-electron chi connectivity index (χ4n) is 2.98. The van der Waals surface area contributed by atoms with Crippen molar-refractivity contribution in [2.45, 2.75) is 25.7 Å². The van der Waals surface area contributed by atoms with Gasteiger partial charge in [0.05, 0.1) is 18.4 Å². The minimum atomic E-state index is -1.09. The van der Waals surface area contributed by atoms with Crippen molar-refractivity contribution in [3.8, 4) is 17.1 Å². The van der Waals surface area contributed by atoms with E-state index in [1.165, 1.54) is 11.6 Å². The smallest absolute Gasteiger partial charge is 0.371 e. The van der Waals surface area contributed by atoms with E-state index in [1.807, 2.05) is 6.07 Å². The van der Waals surface area contributed by atoms with Gasteiger partial charge in [-0.15, -0.1) is 0 Å². The lowest BCUT2D eigenvalue weighted by molar-refractivity contribution is 0.0663. The summed E-state index contributed by atoms with van der Waals surface area (Å²) < 4.78 is 10.9. The highest BCUT2D eigenvalue weighted by atomic mass is 16.5. The number of aryl methyl sites for hydroxylation is 1. The van der Waals surface area contributed by atoms with Gasteiger partial charge in [-0.1, -0.05) is 0 Å². The Hall–Kier alpha value is -2.43. The number of fused-ring (bicyclic) bond motifs is 1. The predicted octanol–water partition coefficient (Wildman–Crippen LogP) is 3.11. The molecule has 1 heterocycles. The van der Waals surface area contributed by atoms with Crippen molar-refractivity contribution in [3.63, 3.8) is 0 Å². The number of nitrogens with two attached hydrogens (primary N) is 1. The SMILES string of the molecule is COc1c(N)cc2c(c1-c1ccc(C(=O)O)o1)CCCC2. The molecular formula is C16H17NO4. The van der Waals surface area contributed by atoms with E-state index in [9.17, 15) is 4.79 Å². The van der Waals surface area contributed by atoms with Gasteiger partial charge in [-0.05, 0) is 55.0 Å². The lowest BCUT2D eigenvalue weighted by Crippen LogP contribution is -2.08. The van der Waals surface area contributed by atoms with Gasteiger partial charge in [-0.25, -0.2) is 4.79 Å². The first-order valence-corrected chi connectivity index (χ1v) is 6.93. The third kappa shape index (κ3) is 2.24. The summed E-state index contributed by atoms with van der Waals surface area (Å²) in [4.78, 5) is 11.0. The summed E-state index contributed by atoms with van der Waals surface area (Å²) in [5.74, 6) is -0.117. The number of benzene rings is 1. The van der Waals surface area contributed by atoms with Crippen LogP contribution in [-0.4, -0.2) is 18.2 Å². The average molecular weight is 287 g/mol. The van der Waals surface area contributed by atoms with Crippen LogP contribution < -0.4 is 10.5 Å². The zero-order chi connectivity index (χ0) is 15.0. The Balaban J connectivity index is 2.23. The highest BCUT2D eigenvalue weighted by molar-refractivity contribution is 5.86. The normalized spacial score (nSPS) is 13.8. The van der Waals surface area contributed by atoms with Gasteiger partial charge in [0.1, 0.15) is 5.76 Å². The van der Waals surface area contributed by atoms with Crippen LogP contribution in [0.4, 0.5) is 5.69 Å². The van der Waals surface area contributed by atoms with Crippen molar-refractivity contribution in [2.75, 3.05) is 12.8 Å². The zero-order valence-corrected chi connectivity index (χ0v) is 11.8. The number of methoxy groups -OCH3 is 1. The number of hydrogen-bond donors (Lipinski definition) is 2. The van der Waals surface area contributed by atoms with Crippen molar-refractivity contribution < 1.29 is 19.1 Å². The molecule has 3 N–H and O–H groups in total. The Morgan fingerprint density at radius 2 is 2.10 bits per heavy atom. The summed E-state index contributed by atoms with van der Waals surface area (Å²) in [5, 5.41) is 9.01. The van der Waals surface area contributed by atoms with Crippen molar-refractivity contribution in [1.82, 2.24) is 0 Å². The second-order valence-electron chi connectivity index (χ2n) is 5.19. The van der Waals surface area contributed by atoms with E-state index in [2.05, 4.69) is 0 Å². The second kappa shape index (κ2) is 5.16. The number of ether oxygens (including phenoxy) is 1. The van der Waals surface area contributed by atoms with E-state index in [4.69, 9.17) is 20.0 Å². The maximum Gasteiger partial charge on any atom is 0.371 e. The molecule has 0 aliphatic heterocycles. The van der Waals surface area contributed by atoms with E-state index in [-0.39, 0.29) is 5.76 Å². The molecule has 0 atom stereocenters. The van der Waals surface area contributed by atoms with Crippen LogP contribution in [0.25, 0.3) is 11.3 Å². The van der Waals surface area contributed by atoms with Crippen LogP contribution in [-0.2, 0) is 12.8 Å². The number of anilines is 1. The Labute approximate surface area is 122 Å². The Kier molecular flexibility index (Phi) is 3.33. The summed E-state index contributed by atoms with van der Waals surface area (Å²) in [7, 11) is 1.56. The first-order chi connectivity index (χ1) is 10.1. The van der Waals surface area contributed by atoms with E-state index in [0.717, 1.165) is 36.8 Å². The minimum Gasteiger partial charge on any atom is -0.494 e. The fourth-order valence-corrected chi connectivity index (χ4v) is 2.98. The Morgan fingerprint density at radius 1 is 1.33 bits per heavy atom. The molecule has 0 bridgehead atoms. The van der Waals surface area contributed by atoms with E-state index in [0.29, 0.717) is 17.2 Å². The van der Waals surface area contributed by atoms with Crippen LogP contribution in [0.1, 0.15) is 34.5 Å². The first kappa shape index (κ1) is 13.5. The van der Waals surface area contributed by atoms with Gasteiger partial charge in [0.25, 0.3) is 0 Å². The van der Waals surface area contributed by atoms with Gasteiger partial charge in [-0.2, -0.15) is 0 Å². The van der Waals surface area contributed by atoms with Gasteiger partial charge in [-0.3, -0.25) is 0 Å². The maximum atomic E-state index is 11.0. The molecule has 110 valence electrons. The molecule has 0 saturated heterocycles. The molecular weight excluding hydrogens is 270 g/mol. The van der Waals surface area contributed by atoms with Crippen molar-refractivity contribution >= 4 is 11.7 Å². The second-order valence-corrected chi connectivity index (χ2v) is 5.19. The lowest BCUT2D eigenvalue weighted by atomic mass is 9.86. The molecule has 0 saturated carbocycles. The summed E-state index contributed by atoms with van der Waals surface area (Å²) in [5.41, 5.74) is 9.77. The molecule has 5 nitrogen and oxygen atoms in total. The molecule has 0 fully saturated rings. The van der Waals surface area contributed by atoms with Gasteiger partial charge in [0.2, 0.25) is 5.76 Å². The quantitative estimate of drug-likeness (QED) is 0.847. The number of furan rings is 1. The standard InChI is InChI=1S/C16H17NO4/c1-20-15-11(17)8-9-4-2-3-5-10(9)14(15)12-6-7-13(21-12)16(18)19/h6-8H,2-5,17H2,1H3,(H,18,19). The highest BCUT2D eigenvalue weighted by Gasteiger charge is 2.24. The summed E-state index contributed by atoms with van der Waals surface area (Å²) in [6, 6.07) is 5.07. The Bertz CT molecular complexity index is 703. The monoisotopic (exact) mass is 287 g/mol. The summed E-state index contributed by atoms with van der Waals surface area (Å²) in [6.45, 7) is 0. The van der Waals surface area contributed by atoms with Gasteiger partial charge < -0.3 is 20.0 Å². The van der Waals surface area contributed by atoms with Crippen LogP contribution in [0.15, 0.2) is 22.6 Å². The van der Waals surface area contributed by atoms with Gasteiger partial charge >= 0.3 is 5.97 Å². The van der Waals surface area contributed by atoms with Gasteiger partial charge in [0.15, 0.2) is 5.75 Å². The number of aromatic carboxylic acids is 1. The molecule has 21 heavy (non-hydrogen) atoms. The topological polar surface area (TPSA) is 85.7 Å². The molecule has 1 aromatic heterocycles. The van der Waals surface area contributed by atoms with E-state index >= 15 is 0 Å². The van der Waals surface area contributed by atoms with Crippen LogP contribution in [0.5, 0.6) is 5.75 Å². The number of hydrogen-bond acceptors (Lipinski definition) is 4.